The predicted molar refractivity (Wildman–Crippen MR) is 143 cm³/mol. The van der Waals surface area contributed by atoms with E-state index >= 15 is 0 Å². The third-order valence-corrected chi connectivity index (χ3v) is 5.96. The van der Waals surface area contributed by atoms with Crippen molar-refractivity contribution in [1.82, 2.24) is 19.7 Å². The fraction of sp³-hybridized carbons (Fsp3) is 0.536. The van der Waals surface area contributed by atoms with E-state index in [1.165, 1.54) is 11.6 Å². The molecule has 4 rings (SSSR count). The SMILES string of the molecule is CCCC(C)=O.CCCc1c(N2CCNCC2)cc(F)nc1C.CCc1cn2cc(C)nc2cc1F. The first-order chi connectivity index (χ1) is 17.2. The third kappa shape index (κ3) is 8.66. The van der Waals surface area contributed by atoms with Crippen LogP contribution in [0.25, 0.3) is 5.65 Å². The van der Waals surface area contributed by atoms with Crippen molar-refractivity contribution in [3.8, 4) is 0 Å². The van der Waals surface area contributed by atoms with Crippen molar-refractivity contribution in [3.05, 3.63) is 58.8 Å². The van der Waals surface area contributed by atoms with Gasteiger partial charge in [0, 0.05) is 74.1 Å². The first kappa shape index (κ1) is 29.4. The van der Waals surface area contributed by atoms with E-state index in [-0.39, 0.29) is 17.5 Å². The second-order valence-corrected chi connectivity index (χ2v) is 9.12. The summed E-state index contributed by atoms with van der Waals surface area (Å²) in [6.45, 7) is 15.3. The smallest absolute Gasteiger partial charge is 0.215 e. The number of piperazine rings is 1. The standard InChI is InChI=1S/C13H20FN3.C10H11FN2.C5H10O/c1-3-4-11-10(2)16-13(14)9-12(11)17-7-5-15-6-8-17;1-3-8-6-13-5-7(2)12-10(13)4-9(8)11;1-3-4-5(2)6/h9,15H,3-8H2,1-2H3;4-6H,3H2,1-2H3;3-4H2,1-2H3. The molecule has 3 aromatic heterocycles. The highest BCUT2D eigenvalue weighted by atomic mass is 19.1. The summed E-state index contributed by atoms with van der Waals surface area (Å²) in [7, 11) is 0. The van der Waals surface area contributed by atoms with Crippen LogP contribution in [0.2, 0.25) is 0 Å². The molecule has 0 aliphatic carbocycles. The number of aryl methyl sites for hydroxylation is 3. The number of carbonyl (C=O) groups excluding carboxylic acids is 1. The Morgan fingerprint density at radius 1 is 1.03 bits per heavy atom. The van der Waals surface area contributed by atoms with Crippen LogP contribution in [0.5, 0.6) is 0 Å². The Morgan fingerprint density at radius 2 is 1.72 bits per heavy atom. The molecule has 0 atom stereocenters. The molecule has 0 radical (unpaired) electrons. The molecule has 0 bridgehead atoms. The monoisotopic (exact) mass is 501 g/mol. The number of nitrogens with one attached hydrogen (secondary N) is 1. The Bertz CT molecular complexity index is 1120. The van der Waals surface area contributed by atoms with Crippen LogP contribution in [0.1, 0.15) is 69.5 Å². The molecule has 1 aliphatic rings. The molecular formula is C28H41F2N5O. The van der Waals surface area contributed by atoms with E-state index in [0.29, 0.717) is 12.1 Å². The molecule has 1 fully saturated rings. The number of nitrogens with zero attached hydrogens (tertiary/aromatic N) is 4. The van der Waals surface area contributed by atoms with Crippen molar-refractivity contribution in [2.75, 3.05) is 31.1 Å². The van der Waals surface area contributed by atoms with Crippen LogP contribution in [0.15, 0.2) is 24.5 Å². The quantitative estimate of drug-likeness (QED) is 0.445. The number of hydrogen-bond acceptors (Lipinski definition) is 5. The van der Waals surface area contributed by atoms with Crippen molar-refractivity contribution in [1.29, 1.82) is 0 Å². The van der Waals surface area contributed by atoms with E-state index in [9.17, 15) is 13.6 Å². The van der Waals surface area contributed by atoms with Gasteiger partial charge in [-0.1, -0.05) is 27.2 Å². The van der Waals surface area contributed by atoms with Gasteiger partial charge in [0.25, 0.3) is 0 Å². The fourth-order valence-corrected chi connectivity index (χ4v) is 4.18. The van der Waals surface area contributed by atoms with Gasteiger partial charge in [-0.25, -0.2) is 14.4 Å². The number of anilines is 1. The minimum atomic E-state index is -0.365. The molecule has 1 saturated heterocycles. The van der Waals surface area contributed by atoms with Gasteiger partial charge in [-0.15, -0.1) is 0 Å². The van der Waals surface area contributed by atoms with Gasteiger partial charge in [0.15, 0.2) is 0 Å². The Kier molecular flexibility index (Phi) is 11.9. The molecule has 3 aromatic rings. The van der Waals surface area contributed by atoms with Gasteiger partial charge >= 0.3 is 0 Å². The van der Waals surface area contributed by atoms with E-state index < -0.39 is 0 Å². The molecule has 36 heavy (non-hydrogen) atoms. The Hall–Kier alpha value is -2.87. The van der Waals surface area contributed by atoms with Crippen molar-refractivity contribution in [3.63, 3.8) is 0 Å². The molecule has 0 spiro atoms. The fourth-order valence-electron chi connectivity index (χ4n) is 4.18. The first-order valence-corrected chi connectivity index (χ1v) is 12.9. The highest BCUT2D eigenvalue weighted by molar-refractivity contribution is 5.75. The van der Waals surface area contributed by atoms with Crippen molar-refractivity contribution in [2.24, 2.45) is 0 Å². The molecule has 1 aliphatic heterocycles. The molecule has 1 N–H and O–H groups in total. The number of aromatic nitrogens is 3. The maximum atomic E-state index is 13.4. The van der Waals surface area contributed by atoms with E-state index in [2.05, 4.69) is 27.1 Å². The number of Topliss-reactive ketones (excluding diaryl/α,β-unsaturated/α-hetero) is 1. The first-order valence-electron chi connectivity index (χ1n) is 12.9. The van der Waals surface area contributed by atoms with Crippen molar-refractivity contribution >= 4 is 17.1 Å². The van der Waals surface area contributed by atoms with Gasteiger partial charge in [0.1, 0.15) is 17.2 Å². The largest absolute Gasteiger partial charge is 0.369 e. The van der Waals surface area contributed by atoms with E-state index in [1.54, 1.807) is 19.2 Å². The molecule has 8 heteroatoms. The van der Waals surface area contributed by atoms with Crippen LogP contribution < -0.4 is 10.2 Å². The lowest BCUT2D eigenvalue weighted by atomic mass is 10.1. The highest BCUT2D eigenvalue weighted by Gasteiger charge is 2.17. The minimum Gasteiger partial charge on any atom is -0.369 e. The number of rotatable bonds is 6. The van der Waals surface area contributed by atoms with Gasteiger partial charge in [-0.05, 0) is 45.6 Å². The van der Waals surface area contributed by atoms with Crippen LogP contribution in [0.4, 0.5) is 14.5 Å². The molecule has 0 aromatic carbocycles. The summed E-state index contributed by atoms with van der Waals surface area (Å²) < 4.78 is 28.6. The molecular weight excluding hydrogens is 460 g/mol. The van der Waals surface area contributed by atoms with Crippen LogP contribution >= 0.6 is 0 Å². The maximum absolute atomic E-state index is 13.4. The van der Waals surface area contributed by atoms with Gasteiger partial charge in [0.2, 0.25) is 5.95 Å². The predicted octanol–water partition coefficient (Wildman–Crippen LogP) is 5.61. The molecule has 0 amide bonds. The number of carbonyl (C=O) groups is 1. The van der Waals surface area contributed by atoms with Gasteiger partial charge < -0.3 is 19.4 Å². The Labute approximate surface area is 214 Å². The Morgan fingerprint density at radius 3 is 2.28 bits per heavy atom. The van der Waals surface area contributed by atoms with Crippen LogP contribution in [0.3, 0.4) is 0 Å². The third-order valence-electron chi connectivity index (χ3n) is 5.96. The second-order valence-electron chi connectivity index (χ2n) is 9.12. The van der Waals surface area contributed by atoms with E-state index in [1.807, 2.05) is 38.3 Å². The number of hydrogen-bond donors (Lipinski definition) is 1. The number of fused-ring (bicyclic) bond motifs is 1. The number of halogens is 2. The highest BCUT2D eigenvalue weighted by Crippen LogP contribution is 2.25. The van der Waals surface area contributed by atoms with Gasteiger partial charge in [-0.3, -0.25) is 0 Å². The summed E-state index contributed by atoms with van der Waals surface area (Å²) in [6.07, 6.45) is 8.15. The Balaban J connectivity index is 0.000000212. The van der Waals surface area contributed by atoms with E-state index in [4.69, 9.17) is 0 Å². The van der Waals surface area contributed by atoms with Gasteiger partial charge in [0.05, 0.1) is 5.69 Å². The van der Waals surface area contributed by atoms with Crippen LogP contribution in [0, 0.1) is 25.6 Å². The molecule has 0 unspecified atom stereocenters. The zero-order chi connectivity index (χ0) is 26.7. The molecule has 198 valence electrons. The summed E-state index contributed by atoms with van der Waals surface area (Å²) in [5, 5.41) is 3.31. The van der Waals surface area contributed by atoms with Crippen LogP contribution in [-0.4, -0.2) is 46.3 Å². The number of pyridine rings is 2. The van der Waals surface area contributed by atoms with E-state index in [0.717, 1.165) is 74.5 Å². The summed E-state index contributed by atoms with van der Waals surface area (Å²) in [4.78, 5) is 20.4. The van der Waals surface area contributed by atoms with Crippen molar-refractivity contribution < 1.29 is 13.6 Å². The number of ketones is 1. The lowest BCUT2D eigenvalue weighted by Crippen LogP contribution is -2.44. The summed E-state index contributed by atoms with van der Waals surface area (Å²) in [5.74, 6) is -0.242. The average molecular weight is 502 g/mol. The average Bonchev–Trinajstić information content (AvgIpc) is 3.20. The van der Waals surface area contributed by atoms with Crippen molar-refractivity contribution in [2.45, 2.75) is 73.6 Å². The number of imidazole rings is 1. The van der Waals surface area contributed by atoms with Gasteiger partial charge in [-0.2, -0.15) is 4.39 Å². The minimum absolute atomic E-state index is 0.166. The summed E-state index contributed by atoms with van der Waals surface area (Å²) >= 11 is 0. The topological polar surface area (TPSA) is 62.5 Å². The molecule has 0 saturated carbocycles. The molecule has 6 nitrogen and oxygen atoms in total. The maximum Gasteiger partial charge on any atom is 0.215 e. The summed E-state index contributed by atoms with van der Waals surface area (Å²) in [6, 6.07) is 3.06. The normalized spacial score (nSPS) is 13.1. The second kappa shape index (κ2) is 14.6. The lowest BCUT2D eigenvalue weighted by Gasteiger charge is -2.31. The lowest BCUT2D eigenvalue weighted by molar-refractivity contribution is -0.117. The zero-order valence-corrected chi connectivity index (χ0v) is 22.6. The zero-order valence-electron chi connectivity index (χ0n) is 22.6. The summed E-state index contributed by atoms with van der Waals surface area (Å²) in [5.41, 5.74) is 5.39. The molecule has 4 heterocycles. The van der Waals surface area contributed by atoms with Crippen LogP contribution in [-0.2, 0) is 17.6 Å².